The molecule has 0 spiro atoms. The van der Waals surface area contributed by atoms with E-state index < -0.39 is 24.1 Å². The zero-order chi connectivity index (χ0) is 21.0. The molecule has 1 aliphatic heterocycles. The normalized spacial score (nSPS) is 16.0. The maximum Gasteiger partial charge on any atom is 0.350 e. The molecule has 1 aromatic heterocycles. The smallest absolute Gasteiger partial charge is 0.350 e. The summed E-state index contributed by atoms with van der Waals surface area (Å²) in [6, 6.07) is 9.22. The summed E-state index contributed by atoms with van der Waals surface area (Å²) < 4.78 is 5.55. The Morgan fingerprint density at radius 1 is 1.28 bits per heavy atom. The van der Waals surface area contributed by atoms with Crippen molar-refractivity contribution in [1.82, 2.24) is 4.90 Å². The van der Waals surface area contributed by atoms with Crippen LogP contribution in [0.3, 0.4) is 0 Å². The van der Waals surface area contributed by atoms with Crippen molar-refractivity contribution in [2.45, 2.75) is 18.9 Å². The first-order valence-electron chi connectivity index (χ1n) is 8.84. The van der Waals surface area contributed by atoms with E-state index in [4.69, 9.17) is 16.2 Å². The number of nitriles is 1. The Morgan fingerprint density at radius 2 is 2.03 bits per heavy atom. The number of primary amides is 2. The molecule has 2 aromatic rings. The van der Waals surface area contributed by atoms with Crippen LogP contribution in [0.1, 0.15) is 28.1 Å². The van der Waals surface area contributed by atoms with Crippen LogP contribution >= 0.6 is 11.3 Å². The van der Waals surface area contributed by atoms with Crippen molar-refractivity contribution in [3.05, 3.63) is 40.8 Å². The van der Waals surface area contributed by atoms with E-state index in [1.165, 1.54) is 4.90 Å². The summed E-state index contributed by atoms with van der Waals surface area (Å²) in [4.78, 5) is 37.7. The Bertz CT molecular complexity index is 997. The van der Waals surface area contributed by atoms with Crippen LogP contribution in [0.5, 0.6) is 0 Å². The van der Waals surface area contributed by atoms with Crippen LogP contribution in [-0.4, -0.2) is 42.1 Å². The van der Waals surface area contributed by atoms with E-state index in [1.54, 1.807) is 30.3 Å². The van der Waals surface area contributed by atoms with E-state index >= 15 is 0 Å². The van der Waals surface area contributed by atoms with Crippen molar-refractivity contribution >= 4 is 35.1 Å². The summed E-state index contributed by atoms with van der Waals surface area (Å²) in [6.07, 6.45) is 0.768. The number of anilines is 1. The van der Waals surface area contributed by atoms with Crippen molar-refractivity contribution < 1.29 is 19.1 Å². The molecule has 1 aliphatic rings. The first-order valence-corrected chi connectivity index (χ1v) is 9.66. The van der Waals surface area contributed by atoms with Gasteiger partial charge in [-0.05, 0) is 25.0 Å². The number of carbonyl (C=O) groups is 3. The third kappa shape index (κ3) is 4.64. The predicted octanol–water partition coefficient (Wildman–Crippen LogP) is 2.48. The van der Waals surface area contributed by atoms with Gasteiger partial charge in [0.1, 0.15) is 11.0 Å². The monoisotopic (exact) mass is 413 g/mol. The van der Waals surface area contributed by atoms with Crippen molar-refractivity contribution in [3.63, 3.8) is 0 Å². The van der Waals surface area contributed by atoms with Gasteiger partial charge < -0.3 is 26.4 Å². The average Bonchev–Trinajstić information content (AvgIpc) is 3.11. The highest BCUT2D eigenvalue weighted by atomic mass is 32.1. The van der Waals surface area contributed by atoms with Crippen LogP contribution in [0.4, 0.5) is 15.3 Å². The third-order valence-electron chi connectivity index (χ3n) is 4.45. The van der Waals surface area contributed by atoms with E-state index in [0.717, 1.165) is 11.3 Å². The van der Waals surface area contributed by atoms with Crippen molar-refractivity contribution in [2.24, 2.45) is 11.5 Å². The van der Waals surface area contributed by atoms with Gasteiger partial charge in [0.05, 0.1) is 23.9 Å². The topological polar surface area (TPSA) is 152 Å². The lowest BCUT2D eigenvalue weighted by Crippen LogP contribution is -2.46. The number of amides is 4. The molecule has 3 rings (SSSR count). The third-order valence-corrected chi connectivity index (χ3v) is 5.60. The van der Waals surface area contributed by atoms with Gasteiger partial charge in [-0.3, -0.25) is 0 Å². The molecule has 1 saturated heterocycles. The van der Waals surface area contributed by atoms with E-state index in [-0.39, 0.29) is 17.1 Å². The molecule has 0 saturated carbocycles. The summed E-state index contributed by atoms with van der Waals surface area (Å²) in [5.74, 6) is -0.643. The van der Waals surface area contributed by atoms with Gasteiger partial charge in [-0.1, -0.05) is 18.2 Å². The zero-order valence-electron chi connectivity index (χ0n) is 15.4. The first-order chi connectivity index (χ1) is 13.9. The van der Waals surface area contributed by atoms with Gasteiger partial charge in [0.25, 0.3) is 0 Å². The van der Waals surface area contributed by atoms with E-state index in [1.807, 2.05) is 0 Å². The standard InChI is InChI=1S/C19H19N5O4S/c20-9-11-4-1-2-6-13(11)15-8-14(23-18(21)26)16(29-15)17(25)28-12-5-3-7-24(10-12)19(22)27/h1-2,4,6,8,12H,3,5,7,10H2,(H2,22,27)(H3,21,23,26). The fraction of sp³-hybridized carbons (Fsp3) is 0.263. The Kier molecular flexibility index (Phi) is 5.99. The molecule has 0 bridgehead atoms. The lowest BCUT2D eigenvalue weighted by atomic mass is 10.1. The minimum atomic E-state index is -0.825. The van der Waals surface area contributed by atoms with Crippen LogP contribution < -0.4 is 16.8 Å². The molecule has 0 radical (unpaired) electrons. The number of nitrogens with one attached hydrogen (secondary N) is 1. The summed E-state index contributed by atoms with van der Waals surface area (Å²) in [6.45, 7) is 0.737. The van der Waals surface area contributed by atoms with Gasteiger partial charge in [0.15, 0.2) is 0 Å². The number of hydrogen-bond donors (Lipinski definition) is 3. The summed E-state index contributed by atoms with van der Waals surface area (Å²) in [5.41, 5.74) is 11.8. The Labute approximate surface area is 170 Å². The molecule has 29 heavy (non-hydrogen) atoms. The average molecular weight is 413 g/mol. The molecule has 9 nitrogen and oxygen atoms in total. The number of hydrogen-bond acceptors (Lipinski definition) is 6. The number of rotatable bonds is 4. The number of nitrogens with two attached hydrogens (primary N) is 2. The molecule has 0 aliphatic carbocycles. The SMILES string of the molecule is N#Cc1ccccc1-c1cc(NC(N)=O)c(C(=O)OC2CCCN(C(N)=O)C2)s1. The van der Waals surface area contributed by atoms with Crippen LogP contribution in [0.2, 0.25) is 0 Å². The number of ether oxygens (including phenoxy) is 1. The lowest BCUT2D eigenvalue weighted by Gasteiger charge is -2.31. The number of piperidine rings is 1. The number of nitrogens with zero attached hydrogens (tertiary/aromatic N) is 2. The molecular weight excluding hydrogens is 394 g/mol. The van der Waals surface area contributed by atoms with Crippen molar-refractivity contribution in [1.29, 1.82) is 5.26 Å². The summed E-state index contributed by atoms with van der Waals surface area (Å²) >= 11 is 1.09. The molecular formula is C19H19N5O4S. The van der Waals surface area contributed by atoms with Gasteiger partial charge in [-0.15, -0.1) is 11.3 Å². The van der Waals surface area contributed by atoms with E-state index in [0.29, 0.717) is 35.4 Å². The number of carbonyl (C=O) groups excluding carboxylic acids is 3. The van der Waals surface area contributed by atoms with Crippen LogP contribution in [0.15, 0.2) is 30.3 Å². The van der Waals surface area contributed by atoms with Crippen molar-refractivity contribution in [3.8, 4) is 16.5 Å². The molecule has 5 N–H and O–H groups in total. The largest absolute Gasteiger partial charge is 0.456 e. The highest BCUT2D eigenvalue weighted by Gasteiger charge is 2.28. The second-order valence-electron chi connectivity index (χ2n) is 6.45. The molecule has 150 valence electrons. The van der Waals surface area contributed by atoms with Gasteiger partial charge >= 0.3 is 18.0 Å². The predicted molar refractivity (Wildman–Crippen MR) is 107 cm³/mol. The Morgan fingerprint density at radius 3 is 2.72 bits per heavy atom. The molecule has 1 fully saturated rings. The van der Waals surface area contributed by atoms with Gasteiger partial charge in [0.2, 0.25) is 0 Å². The summed E-state index contributed by atoms with van der Waals surface area (Å²) in [7, 11) is 0. The van der Waals surface area contributed by atoms with Gasteiger partial charge in [0, 0.05) is 17.0 Å². The lowest BCUT2D eigenvalue weighted by molar-refractivity contribution is 0.0134. The molecule has 2 heterocycles. The van der Waals surface area contributed by atoms with E-state index in [9.17, 15) is 19.6 Å². The molecule has 4 amide bonds. The molecule has 1 unspecified atom stereocenters. The second kappa shape index (κ2) is 8.62. The number of benzene rings is 1. The van der Waals surface area contributed by atoms with E-state index in [2.05, 4.69) is 11.4 Å². The second-order valence-corrected chi connectivity index (χ2v) is 7.51. The van der Waals surface area contributed by atoms with Crippen LogP contribution in [-0.2, 0) is 4.74 Å². The minimum Gasteiger partial charge on any atom is -0.456 e. The molecule has 1 atom stereocenters. The quantitative estimate of drug-likeness (QED) is 0.658. The van der Waals surface area contributed by atoms with Crippen LogP contribution in [0.25, 0.3) is 10.4 Å². The highest BCUT2D eigenvalue weighted by molar-refractivity contribution is 7.18. The molecule has 1 aromatic carbocycles. The number of likely N-dealkylation sites (tertiary alicyclic amines) is 1. The van der Waals surface area contributed by atoms with Crippen LogP contribution in [0, 0.1) is 11.3 Å². The van der Waals surface area contributed by atoms with Crippen molar-refractivity contribution in [2.75, 3.05) is 18.4 Å². The minimum absolute atomic E-state index is 0.155. The summed E-state index contributed by atoms with van der Waals surface area (Å²) in [5, 5.41) is 11.8. The highest BCUT2D eigenvalue weighted by Crippen LogP contribution is 2.37. The Hall–Kier alpha value is -3.58. The number of urea groups is 2. The molecule has 10 heteroatoms. The number of thiophene rings is 1. The zero-order valence-corrected chi connectivity index (χ0v) is 16.2. The fourth-order valence-electron chi connectivity index (χ4n) is 3.14. The fourth-order valence-corrected chi connectivity index (χ4v) is 4.17. The van der Waals surface area contributed by atoms with Gasteiger partial charge in [-0.25, -0.2) is 14.4 Å². The first kappa shape index (κ1) is 20.2. The van der Waals surface area contributed by atoms with Gasteiger partial charge in [-0.2, -0.15) is 5.26 Å². The number of esters is 1. The maximum atomic E-state index is 12.8. The maximum absolute atomic E-state index is 12.8. The Balaban J connectivity index is 1.88.